The lowest BCUT2D eigenvalue weighted by Gasteiger charge is -2.05. The van der Waals surface area contributed by atoms with Gasteiger partial charge in [0.25, 0.3) is 0 Å². The van der Waals surface area contributed by atoms with Crippen molar-refractivity contribution in [2.75, 3.05) is 0 Å². The first kappa shape index (κ1) is 10.9. The Balaban J connectivity index is 2.79. The molecule has 0 radical (unpaired) electrons. The molecule has 0 aromatic heterocycles. The van der Waals surface area contributed by atoms with Gasteiger partial charge in [-0.1, -0.05) is 12.1 Å². The van der Waals surface area contributed by atoms with Crippen LogP contribution in [0.15, 0.2) is 29.2 Å². The predicted molar refractivity (Wildman–Crippen MR) is 49.4 cm³/mol. The first-order valence-electron chi connectivity index (χ1n) is 3.59. The summed E-state index contributed by atoms with van der Waals surface area (Å²) in [5.74, 6) is -0.159. The maximum atomic E-state index is 11.9. The molecule has 0 spiro atoms. The quantitative estimate of drug-likeness (QED) is 0.457. The number of rotatable bonds is 2. The van der Waals surface area contributed by atoms with Gasteiger partial charge in [0.2, 0.25) is 0 Å². The summed E-state index contributed by atoms with van der Waals surface area (Å²) in [7, 11) is 0. The van der Waals surface area contributed by atoms with Crippen LogP contribution in [0.2, 0.25) is 0 Å². The van der Waals surface area contributed by atoms with E-state index in [1.165, 1.54) is 24.3 Å². The van der Waals surface area contributed by atoms with Gasteiger partial charge >= 0.3 is 5.51 Å². The van der Waals surface area contributed by atoms with Gasteiger partial charge in [0, 0.05) is 10.5 Å². The molecule has 6 heteroatoms. The monoisotopic (exact) mass is 220 g/mol. The second-order valence-corrected chi connectivity index (χ2v) is 3.62. The van der Waals surface area contributed by atoms with Crippen LogP contribution in [0.5, 0.6) is 0 Å². The van der Waals surface area contributed by atoms with Crippen molar-refractivity contribution < 1.29 is 13.2 Å². The van der Waals surface area contributed by atoms with Crippen LogP contribution in [-0.2, 0) is 0 Å². The van der Waals surface area contributed by atoms with E-state index in [-0.39, 0.29) is 22.5 Å². The Kier molecular flexibility index (Phi) is 3.05. The number of nitrogens with two attached hydrogens (primary N) is 1. The molecule has 0 aliphatic heterocycles. The molecule has 0 saturated carbocycles. The number of alkyl halides is 3. The third-order valence-corrected chi connectivity index (χ3v) is 2.14. The van der Waals surface area contributed by atoms with Gasteiger partial charge < -0.3 is 5.73 Å². The molecule has 0 fully saturated rings. The average molecular weight is 220 g/mol. The number of halogens is 3. The Bertz CT molecular complexity index is 331. The van der Waals surface area contributed by atoms with Gasteiger partial charge in [0.15, 0.2) is 0 Å². The number of nitrogens with one attached hydrogen (secondary N) is 1. The van der Waals surface area contributed by atoms with Crippen molar-refractivity contribution in [3.63, 3.8) is 0 Å². The lowest BCUT2D eigenvalue weighted by atomic mass is 10.2. The number of nitrogen functional groups attached to an aromatic ring is 1. The van der Waals surface area contributed by atoms with Crippen LogP contribution in [0.4, 0.5) is 13.2 Å². The van der Waals surface area contributed by atoms with Crippen molar-refractivity contribution in [2.24, 2.45) is 5.73 Å². The summed E-state index contributed by atoms with van der Waals surface area (Å²) in [6.07, 6.45) is 0. The summed E-state index contributed by atoms with van der Waals surface area (Å²) in [6.45, 7) is 0. The van der Waals surface area contributed by atoms with E-state index in [0.717, 1.165) is 0 Å². The molecule has 3 N–H and O–H groups in total. The van der Waals surface area contributed by atoms with Gasteiger partial charge in [-0.25, -0.2) is 0 Å². The molecule has 0 aliphatic rings. The largest absolute Gasteiger partial charge is 0.446 e. The van der Waals surface area contributed by atoms with Crippen molar-refractivity contribution >= 4 is 17.6 Å². The first-order chi connectivity index (χ1) is 6.38. The Morgan fingerprint density at radius 1 is 1.21 bits per heavy atom. The van der Waals surface area contributed by atoms with Gasteiger partial charge in [0.1, 0.15) is 5.84 Å². The molecule has 0 bridgehead atoms. The molecular weight excluding hydrogens is 213 g/mol. The van der Waals surface area contributed by atoms with Gasteiger partial charge in [-0.2, -0.15) is 13.2 Å². The first-order valence-corrected chi connectivity index (χ1v) is 4.40. The van der Waals surface area contributed by atoms with Crippen LogP contribution in [0.3, 0.4) is 0 Å². The molecule has 0 atom stereocenters. The molecule has 0 unspecified atom stereocenters. The average Bonchev–Trinajstić information content (AvgIpc) is 2.02. The third-order valence-electron chi connectivity index (χ3n) is 1.40. The van der Waals surface area contributed by atoms with E-state index in [2.05, 4.69) is 0 Å². The third kappa shape index (κ3) is 3.29. The highest BCUT2D eigenvalue weighted by Gasteiger charge is 2.28. The molecule has 0 heterocycles. The molecule has 1 aromatic carbocycles. The minimum absolute atomic E-state index is 0.0856. The van der Waals surface area contributed by atoms with E-state index in [1.54, 1.807) is 0 Å². The van der Waals surface area contributed by atoms with E-state index in [0.29, 0.717) is 5.56 Å². The van der Waals surface area contributed by atoms with E-state index in [4.69, 9.17) is 11.1 Å². The highest BCUT2D eigenvalue weighted by Crippen LogP contribution is 2.36. The second-order valence-electron chi connectivity index (χ2n) is 2.49. The van der Waals surface area contributed by atoms with Crippen molar-refractivity contribution in [3.8, 4) is 0 Å². The van der Waals surface area contributed by atoms with E-state index >= 15 is 0 Å². The summed E-state index contributed by atoms with van der Waals surface area (Å²) in [5, 5.41) is 7.03. The minimum Gasteiger partial charge on any atom is -0.384 e. The fourth-order valence-electron chi connectivity index (χ4n) is 0.836. The Hall–Kier alpha value is -1.17. The maximum absolute atomic E-state index is 11.9. The van der Waals surface area contributed by atoms with E-state index in [9.17, 15) is 13.2 Å². The summed E-state index contributed by atoms with van der Waals surface area (Å²) >= 11 is -0.190. The molecular formula is C8H7F3N2S. The van der Waals surface area contributed by atoms with Crippen molar-refractivity contribution in [3.05, 3.63) is 29.8 Å². The van der Waals surface area contributed by atoms with Crippen LogP contribution in [0.25, 0.3) is 0 Å². The van der Waals surface area contributed by atoms with Crippen molar-refractivity contribution in [1.82, 2.24) is 0 Å². The minimum atomic E-state index is -4.28. The molecule has 2 nitrogen and oxygen atoms in total. The number of amidine groups is 1. The second kappa shape index (κ2) is 3.91. The summed E-state index contributed by atoms with van der Waals surface area (Å²) < 4.78 is 35.7. The summed E-state index contributed by atoms with van der Waals surface area (Å²) in [4.78, 5) is 0.0856. The molecule has 0 amide bonds. The standard InChI is InChI=1S/C8H7F3N2S/c9-8(10,11)14-6-3-1-5(2-4-6)7(12)13/h1-4H,(H3,12,13). The van der Waals surface area contributed by atoms with Crippen LogP contribution >= 0.6 is 11.8 Å². The number of benzene rings is 1. The zero-order valence-corrected chi connectivity index (χ0v) is 7.75. The van der Waals surface area contributed by atoms with Crippen LogP contribution in [-0.4, -0.2) is 11.3 Å². The van der Waals surface area contributed by atoms with Crippen molar-refractivity contribution in [1.29, 1.82) is 5.41 Å². The Labute approximate surface area is 82.8 Å². The zero-order chi connectivity index (χ0) is 10.8. The summed E-state index contributed by atoms with van der Waals surface area (Å²) in [6, 6.07) is 5.34. The highest BCUT2D eigenvalue weighted by atomic mass is 32.2. The number of hydrogen-bond acceptors (Lipinski definition) is 2. The molecule has 0 aliphatic carbocycles. The zero-order valence-electron chi connectivity index (χ0n) is 6.93. The summed E-state index contributed by atoms with van der Waals surface area (Å²) in [5.41, 5.74) is 1.28. The highest BCUT2D eigenvalue weighted by molar-refractivity contribution is 8.00. The molecule has 1 rings (SSSR count). The number of hydrogen-bond donors (Lipinski definition) is 2. The fraction of sp³-hybridized carbons (Fsp3) is 0.125. The molecule has 0 saturated heterocycles. The van der Waals surface area contributed by atoms with Gasteiger partial charge in [-0.3, -0.25) is 5.41 Å². The lowest BCUT2D eigenvalue weighted by molar-refractivity contribution is -0.0328. The predicted octanol–water partition coefficient (Wildman–Crippen LogP) is 2.58. The SMILES string of the molecule is N=C(N)c1ccc(SC(F)(F)F)cc1. The van der Waals surface area contributed by atoms with E-state index in [1.807, 2.05) is 0 Å². The topological polar surface area (TPSA) is 49.9 Å². The molecule has 76 valence electrons. The van der Waals surface area contributed by atoms with Gasteiger partial charge in [-0.05, 0) is 23.9 Å². The van der Waals surface area contributed by atoms with Crippen LogP contribution in [0, 0.1) is 5.41 Å². The number of thioether (sulfide) groups is 1. The molecule has 14 heavy (non-hydrogen) atoms. The van der Waals surface area contributed by atoms with Gasteiger partial charge in [0.05, 0.1) is 0 Å². The van der Waals surface area contributed by atoms with Crippen LogP contribution in [0.1, 0.15) is 5.56 Å². The smallest absolute Gasteiger partial charge is 0.384 e. The normalized spacial score (nSPS) is 11.4. The van der Waals surface area contributed by atoms with Gasteiger partial charge in [-0.15, -0.1) is 0 Å². The Morgan fingerprint density at radius 3 is 2.07 bits per heavy atom. The van der Waals surface area contributed by atoms with Crippen molar-refractivity contribution in [2.45, 2.75) is 10.4 Å². The maximum Gasteiger partial charge on any atom is 0.446 e. The Morgan fingerprint density at radius 2 is 1.71 bits per heavy atom. The lowest BCUT2D eigenvalue weighted by Crippen LogP contribution is -2.10. The fourth-order valence-corrected chi connectivity index (χ4v) is 1.38. The van der Waals surface area contributed by atoms with Crippen LogP contribution < -0.4 is 5.73 Å². The molecule has 1 aromatic rings. The van der Waals surface area contributed by atoms with E-state index < -0.39 is 5.51 Å².